The number of nitrogens with zero attached hydrogens (tertiary/aromatic N) is 1. The molecular weight excluding hydrogens is 334 g/mol. The van der Waals surface area contributed by atoms with Gasteiger partial charge in [-0.15, -0.1) is 0 Å². The van der Waals surface area contributed by atoms with Crippen LogP contribution in [0, 0.1) is 0 Å². The van der Waals surface area contributed by atoms with Gasteiger partial charge in [0, 0.05) is 26.3 Å². The molecule has 7 nitrogen and oxygen atoms in total. The van der Waals surface area contributed by atoms with E-state index < -0.39 is 11.7 Å². The molecule has 0 atom stereocenters. The number of aliphatic imine (C=N–C) groups is 1. The van der Waals surface area contributed by atoms with Gasteiger partial charge in [0.05, 0.1) is 12.2 Å². The SMILES string of the molecule is COC(CNC1=Nc2cc(NC(=O)OC(C)(C)C)ccc2CCC1)OC. The molecule has 0 radical (unpaired) electrons. The van der Waals surface area contributed by atoms with E-state index in [1.54, 1.807) is 14.2 Å². The lowest BCUT2D eigenvalue weighted by Crippen LogP contribution is -2.34. The smallest absolute Gasteiger partial charge is 0.412 e. The van der Waals surface area contributed by atoms with Crippen LogP contribution in [0.1, 0.15) is 39.2 Å². The van der Waals surface area contributed by atoms with Crippen LogP contribution < -0.4 is 10.6 Å². The number of fused-ring (bicyclic) bond motifs is 1. The summed E-state index contributed by atoms with van der Waals surface area (Å²) in [5, 5.41) is 6.05. The lowest BCUT2D eigenvalue weighted by molar-refractivity contribution is -0.0965. The van der Waals surface area contributed by atoms with E-state index in [-0.39, 0.29) is 6.29 Å². The molecule has 1 aromatic carbocycles. The maximum Gasteiger partial charge on any atom is 0.412 e. The van der Waals surface area contributed by atoms with Crippen LogP contribution in [0.25, 0.3) is 0 Å². The van der Waals surface area contributed by atoms with Crippen molar-refractivity contribution in [2.45, 2.75) is 51.9 Å². The Morgan fingerprint density at radius 2 is 1.96 bits per heavy atom. The predicted molar refractivity (Wildman–Crippen MR) is 102 cm³/mol. The second kappa shape index (κ2) is 9.00. The van der Waals surface area contributed by atoms with E-state index in [4.69, 9.17) is 19.2 Å². The Morgan fingerprint density at radius 3 is 2.62 bits per heavy atom. The van der Waals surface area contributed by atoms with E-state index in [1.165, 1.54) is 0 Å². The third kappa shape index (κ3) is 6.31. The number of ether oxygens (including phenoxy) is 3. The Labute approximate surface area is 155 Å². The zero-order valence-corrected chi connectivity index (χ0v) is 16.2. The number of anilines is 1. The number of rotatable bonds is 5. The third-order valence-corrected chi connectivity index (χ3v) is 3.84. The highest BCUT2D eigenvalue weighted by atomic mass is 16.7. The fraction of sp³-hybridized carbons (Fsp3) is 0.579. The molecule has 0 aliphatic carbocycles. The minimum absolute atomic E-state index is 0.319. The van der Waals surface area contributed by atoms with Crippen molar-refractivity contribution in [1.29, 1.82) is 0 Å². The summed E-state index contributed by atoms with van der Waals surface area (Å²) in [6.07, 6.45) is 2.00. The Morgan fingerprint density at radius 1 is 1.23 bits per heavy atom. The van der Waals surface area contributed by atoms with Gasteiger partial charge in [-0.05, 0) is 51.3 Å². The van der Waals surface area contributed by atoms with Crippen LogP contribution in [0.15, 0.2) is 23.2 Å². The number of aryl methyl sites for hydroxylation is 1. The van der Waals surface area contributed by atoms with Gasteiger partial charge in [0.1, 0.15) is 11.4 Å². The third-order valence-electron chi connectivity index (χ3n) is 3.84. The summed E-state index contributed by atoms with van der Waals surface area (Å²) in [7, 11) is 3.21. The second-order valence-corrected chi connectivity index (χ2v) is 7.16. The van der Waals surface area contributed by atoms with Crippen LogP contribution in [0.3, 0.4) is 0 Å². The number of hydrogen-bond acceptors (Lipinski definition) is 6. The van der Waals surface area contributed by atoms with Crippen molar-refractivity contribution >= 4 is 23.3 Å². The number of carbonyl (C=O) groups excluding carboxylic acids is 1. The van der Waals surface area contributed by atoms with Crippen molar-refractivity contribution in [2.24, 2.45) is 4.99 Å². The van der Waals surface area contributed by atoms with Gasteiger partial charge >= 0.3 is 6.09 Å². The average Bonchev–Trinajstić information content (AvgIpc) is 2.75. The first kappa shape index (κ1) is 20.2. The summed E-state index contributed by atoms with van der Waals surface area (Å²) >= 11 is 0. The summed E-state index contributed by atoms with van der Waals surface area (Å²) in [5.41, 5.74) is 2.13. The molecule has 0 bridgehead atoms. The summed E-state index contributed by atoms with van der Waals surface area (Å²) in [4.78, 5) is 16.7. The Bertz CT molecular complexity index is 649. The van der Waals surface area contributed by atoms with E-state index in [2.05, 4.69) is 10.6 Å². The standard InChI is InChI=1S/C19H29N3O4/c1-19(2,3)26-18(23)21-14-10-9-13-7-6-8-16(22-15(13)11-14)20-12-17(24-4)25-5/h9-11,17H,6-8,12H2,1-5H3,(H,20,22)(H,21,23). The van der Waals surface area contributed by atoms with Gasteiger partial charge in [0.15, 0.2) is 6.29 Å². The maximum absolute atomic E-state index is 12.0. The monoisotopic (exact) mass is 363 g/mol. The summed E-state index contributed by atoms with van der Waals surface area (Å²) < 4.78 is 15.7. The molecule has 0 aromatic heterocycles. The molecule has 1 amide bonds. The van der Waals surface area contributed by atoms with Gasteiger partial charge in [-0.2, -0.15) is 0 Å². The maximum atomic E-state index is 12.0. The van der Waals surface area contributed by atoms with Crippen LogP contribution in [-0.2, 0) is 20.6 Å². The molecule has 1 aliphatic rings. The molecule has 1 aromatic rings. The van der Waals surface area contributed by atoms with Gasteiger partial charge in [-0.3, -0.25) is 5.32 Å². The van der Waals surface area contributed by atoms with Crippen LogP contribution in [0.5, 0.6) is 0 Å². The largest absolute Gasteiger partial charge is 0.444 e. The quantitative estimate of drug-likeness (QED) is 0.781. The first-order valence-corrected chi connectivity index (χ1v) is 8.80. The van der Waals surface area contributed by atoms with Crippen LogP contribution in [-0.4, -0.2) is 44.6 Å². The van der Waals surface area contributed by atoms with E-state index in [1.807, 2.05) is 39.0 Å². The number of amidine groups is 1. The molecule has 0 fully saturated rings. The van der Waals surface area contributed by atoms with E-state index in [0.717, 1.165) is 36.3 Å². The first-order valence-electron chi connectivity index (χ1n) is 8.80. The highest BCUT2D eigenvalue weighted by molar-refractivity contribution is 5.88. The molecule has 26 heavy (non-hydrogen) atoms. The lowest BCUT2D eigenvalue weighted by atomic mass is 10.1. The summed E-state index contributed by atoms with van der Waals surface area (Å²) in [6, 6.07) is 5.75. The second-order valence-electron chi connectivity index (χ2n) is 7.16. The highest BCUT2D eigenvalue weighted by Crippen LogP contribution is 2.28. The molecule has 0 spiro atoms. The van der Waals surface area contributed by atoms with Crippen molar-refractivity contribution in [3.05, 3.63) is 23.8 Å². The fourth-order valence-corrected chi connectivity index (χ4v) is 2.62. The van der Waals surface area contributed by atoms with Gasteiger partial charge < -0.3 is 19.5 Å². The van der Waals surface area contributed by atoms with Crippen LogP contribution in [0.4, 0.5) is 16.2 Å². The normalized spacial score (nSPS) is 14.3. The minimum atomic E-state index is -0.537. The Kier molecular flexibility index (Phi) is 6.99. The molecule has 2 N–H and O–H groups in total. The Balaban J connectivity index is 2.10. The zero-order chi connectivity index (χ0) is 19.2. The van der Waals surface area contributed by atoms with Gasteiger partial charge in [0.25, 0.3) is 0 Å². The minimum Gasteiger partial charge on any atom is -0.444 e. The van der Waals surface area contributed by atoms with Crippen LogP contribution >= 0.6 is 0 Å². The average molecular weight is 363 g/mol. The number of methoxy groups -OCH3 is 2. The molecule has 2 rings (SSSR count). The first-order chi connectivity index (χ1) is 12.3. The predicted octanol–water partition coefficient (Wildman–Crippen LogP) is 3.61. The highest BCUT2D eigenvalue weighted by Gasteiger charge is 2.17. The number of benzene rings is 1. The fourth-order valence-electron chi connectivity index (χ4n) is 2.62. The number of hydrogen-bond donors (Lipinski definition) is 2. The summed E-state index contributed by atoms with van der Waals surface area (Å²) in [6.45, 7) is 6.02. The topological polar surface area (TPSA) is 81.2 Å². The lowest BCUT2D eigenvalue weighted by Gasteiger charge is -2.20. The van der Waals surface area contributed by atoms with E-state index >= 15 is 0 Å². The molecule has 1 heterocycles. The van der Waals surface area contributed by atoms with Crippen molar-refractivity contribution < 1.29 is 19.0 Å². The van der Waals surface area contributed by atoms with Gasteiger partial charge in [-0.1, -0.05) is 6.07 Å². The van der Waals surface area contributed by atoms with Crippen molar-refractivity contribution in [1.82, 2.24) is 5.32 Å². The number of nitrogens with one attached hydrogen (secondary N) is 2. The zero-order valence-electron chi connectivity index (χ0n) is 16.2. The van der Waals surface area contributed by atoms with Crippen molar-refractivity contribution in [3.8, 4) is 0 Å². The molecular formula is C19H29N3O4. The number of amides is 1. The van der Waals surface area contributed by atoms with Crippen LogP contribution in [0.2, 0.25) is 0 Å². The molecule has 0 saturated heterocycles. The number of carbonyl (C=O) groups is 1. The Hall–Kier alpha value is -2.12. The van der Waals surface area contributed by atoms with E-state index in [9.17, 15) is 4.79 Å². The van der Waals surface area contributed by atoms with Gasteiger partial charge in [0.2, 0.25) is 0 Å². The molecule has 0 saturated carbocycles. The van der Waals surface area contributed by atoms with Crippen molar-refractivity contribution in [3.63, 3.8) is 0 Å². The molecule has 1 aliphatic heterocycles. The summed E-state index contributed by atoms with van der Waals surface area (Å²) in [5.74, 6) is 0.886. The molecule has 7 heteroatoms. The van der Waals surface area contributed by atoms with Gasteiger partial charge in [-0.25, -0.2) is 9.79 Å². The molecule has 0 unspecified atom stereocenters. The van der Waals surface area contributed by atoms with E-state index in [0.29, 0.717) is 12.2 Å². The van der Waals surface area contributed by atoms with Crippen molar-refractivity contribution in [2.75, 3.05) is 26.1 Å². The molecule has 144 valence electrons.